The van der Waals surface area contributed by atoms with Gasteiger partial charge in [0.25, 0.3) is 0 Å². The molecule has 0 bridgehead atoms. The number of hydrogen-bond acceptors (Lipinski definition) is 6. The molecule has 1 heterocycles. The summed E-state index contributed by atoms with van der Waals surface area (Å²) >= 11 is 1.29. The summed E-state index contributed by atoms with van der Waals surface area (Å²) in [6.45, 7) is 1.88. The van der Waals surface area contributed by atoms with Gasteiger partial charge in [0.15, 0.2) is 0 Å². The SMILES string of the molecule is CCCC1SCC(C(=O)O)N1S(=O)(=O)CCS(C)(=O)=O. The Morgan fingerprint density at radius 1 is 1.30 bits per heavy atom. The number of rotatable bonds is 7. The summed E-state index contributed by atoms with van der Waals surface area (Å²) in [7, 11) is -7.32. The van der Waals surface area contributed by atoms with Crippen LogP contribution < -0.4 is 0 Å². The summed E-state index contributed by atoms with van der Waals surface area (Å²) in [5.74, 6) is -2.07. The molecule has 2 unspecified atom stereocenters. The average molecular weight is 345 g/mol. The van der Waals surface area contributed by atoms with Crippen LogP contribution in [-0.2, 0) is 24.7 Å². The average Bonchev–Trinajstić information content (AvgIpc) is 2.71. The Labute approximate surface area is 123 Å². The predicted molar refractivity (Wildman–Crippen MR) is 77.9 cm³/mol. The van der Waals surface area contributed by atoms with Crippen molar-refractivity contribution in [2.24, 2.45) is 0 Å². The van der Waals surface area contributed by atoms with Crippen molar-refractivity contribution in [3.8, 4) is 0 Å². The number of sulfonamides is 1. The first-order valence-electron chi connectivity index (χ1n) is 6.12. The minimum Gasteiger partial charge on any atom is -0.480 e. The van der Waals surface area contributed by atoms with E-state index in [1.54, 1.807) is 0 Å². The van der Waals surface area contributed by atoms with Crippen LogP contribution in [0.4, 0.5) is 0 Å². The molecule has 1 rings (SSSR count). The molecule has 0 aromatic carbocycles. The molecule has 1 saturated heterocycles. The third-order valence-corrected chi connectivity index (χ3v) is 7.46. The minimum absolute atomic E-state index is 0.193. The molecule has 0 amide bonds. The quantitative estimate of drug-likeness (QED) is 0.691. The van der Waals surface area contributed by atoms with Crippen LogP contribution in [0, 0.1) is 0 Å². The fourth-order valence-corrected chi connectivity index (χ4v) is 7.28. The van der Waals surface area contributed by atoms with Crippen LogP contribution in [-0.4, -0.2) is 67.1 Å². The zero-order valence-corrected chi connectivity index (χ0v) is 13.8. The molecular weight excluding hydrogens is 326 g/mol. The summed E-state index contributed by atoms with van der Waals surface area (Å²) in [4.78, 5) is 11.2. The number of carboxylic acid groups (broad SMARTS) is 1. The van der Waals surface area contributed by atoms with Gasteiger partial charge in [0, 0.05) is 12.0 Å². The largest absolute Gasteiger partial charge is 0.480 e. The van der Waals surface area contributed by atoms with Crippen LogP contribution in [0.2, 0.25) is 0 Å². The van der Waals surface area contributed by atoms with Gasteiger partial charge in [0.2, 0.25) is 10.0 Å². The molecule has 0 aliphatic carbocycles. The number of thioether (sulfide) groups is 1. The first kappa shape index (κ1) is 17.7. The molecule has 10 heteroatoms. The maximum Gasteiger partial charge on any atom is 0.322 e. The second kappa shape index (κ2) is 6.63. The van der Waals surface area contributed by atoms with Crippen LogP contribution in [0.3, 0.4) is 0 Å². The zero-order chi connectivity index (χ0) is 15.6. The standard InChI is InChI=1S/C10H19NO6S3/c1-3-4-9-11(8(7-18-9)10(12)13)20(16,17)6-5-19(2,14)15/h8-9H,3-7H2,1-2H3,(H,12,13). The van der Waals surface area contributed by atoms with Gasteiger partial charge in [0.05, 0.1) is 16.9 Å². The number of aliphatic carboxylic acids is 1. The summed E-state index contributed by atoms with van der Waals surface area (Å²) in [5.41, 5.74) is 0. The number of hydrogen-bond donors (Lipinski definition) is 1. The van der Waals surface area contributed by atoms with Gasteiger partial charge in [-0.25, -0.2) is 16.8 Å². The van der Waals surface area contributed by atoms with Gasteiger partial charge < -0.3 is 5.11 Å². The molecule has 7 nitrogen and oxygen atoms in total. The van der Waals surface area contributed by atoms with Crippen molar-refractivity contribution < 1.29 is 26.7 Å². The van der Waals surface area contributed by atoms with Crippen molar-refractivity contribution >= 4 is 37.6 Å². The molecule has 118 valence electrons. The second-order valence-electron chi connectivity index (χ2n) is 4.71. The van der Waals surface area contributed by atoms with Crippen molar-refractivity contribution in [2.45, 2.75) is 31.2 Å². The molecule has 0 aromatic heterocycles. The molecule has 1 N–H and O–H groups in total. The highest BCUT2D eigenvalue weighted by atomic mass is 32.2. The summed E-state index contributed by atoms with van der Waals surface area (Å²) < 4.78 is 47.7. The highest BCUT2D eigenvalue weighted by Crippen LogP contribution is 2.34. The van der Waals surface area contributed by atoms with Crippen molar-refractivity contribution in [1.82, 2.24) is 4.31 Å². The maximum atomic E-state index is 12.3. The lowest BCUT2D eigenvalue weighted by molar-refractivity contribution is -0.140. The van der Waals surface area contributed by atoms with Gasteiger partial charge in [-0.2, -0.15) is 4.31 Å². The fraction of sp³-hybridized carbons (Fsp3) is 0.900. The maximum absolute atomic E-state index is 12.3. The Morgan fingerprint density at radius 2 is 1.90 bits per heavy atom. The van der Waals surface area contributed by atoms with E-state index in [-0.39, 0.29) is 5.75 Å². The minimum atomic E-state index is -3.91. The molecule has 1 aliphatic rings. The van der Waals surface area contributed by atoms with Crippen LogP contribution >= 0.6 is 11.8 Å². The lowest BCUT2D eigenvalue weighted by atomic mass is 10.3. The molecule has 20 heavy (non-hydrogen) atoms. The molecule has 0 saturated carbocycles. The van der Waals surface area contributed by atoms with E-state index in [1.165, 1.54) is 11.8 Å². The van der Waals surface area contributed by atoms with Gasteiger partial charge in [-0.3, -0.25) is 4.79 Å². The smallest absolute Gasteiger partial charge is 0.322 e. The van der Waals surface area contributed by atoms with E-state index in [4.69, 9.17) is 5.11 Å². The molecule has 1 aliphatic heterocycles. The molecule has 0 aromatic rings. The molecule has 2 atom stereocenters. The normalized spacial score (nSPS) is 24.9. The summed E-state index contributed by atoms with van der Waals surface area (Å²) in [6, 6.07) is -1.11. The Kier molecular flexibility index (Phi) is 5.88. The third-order valence-electron chi connectivity index (χ3n) is 2.89. The van der Waals surface area contributed by atoms with E-state index in [0.29, 0.717) is 6.42 Å². The monoisotopic (exact) mass is 345 g/mol. The van der Waals surface area contributed by atoms with Crippen LogP contribution in [0.15, 0.2) is 0 Å². The molecule has 1 fully saturated rings. The van der Waals surface area contributed by atoms with Gasteiger partial charge in [0.1, 0.15) is 15.9 Å². The number of carboxylic acids is 1. The van der Waals surface area contributed by atoms with E-state index >= 15 is 0 Å². The van der Waals surface area contributed by atoms with E-state index in [2.05, 4.69) is 0 Å². The third kappa shape index (κ3) is 4.61. The van der Waals surface area contributed by atoms with Gasteiger partial charge in [-0.1, -0.05) is 13.3 Å². The highest BCUT2D eigenvalue weighted by Gasteiger charge is 2.45. The molecule has 0 spiro atoms. The molecule has 0 radical (unpaired) electrons. The van der Waals surface area contributed by atoms with Crippen LogP contribution in [0.1, 0.15) is 19.8 Å². The number of nitrogens with zero attached hydrogens (tertiary/aromatic N) is 1. The number of carbonyl (C=O) groups is 1. The summed E-state index contributed by atoms with van der Waals surface area (Å²) in [6.07, 6.45) is 2.23. The lowest BCUT2D eigenvalue weighted by Crippen LogP contribution is -2.47. The fourth-order valence-electron chi connectivity index (χ4n) is 1.92. The van der Waals surface area contributed by atoms with Crippen molar-refractivity contribution in [2.75, 3.05) is 23.5 Å². The van der Waals surface area contributed by atoms with Gasteiger partial charge in [-0.05, 0) is 6.42 Å². The summed E-state index contributed by atoms with van der Waals surface area (Å²) in [5, 5.41) is 8.70. The van der Waals surface area contributed by atoms with Gasteiger partial charge >= 0.3 is 5.97 Å². The van der Waals surface area contributed by atoms with Gasteiger partial charge in [-0.15, -0.1) is 11.8 Å². The van der Waals surface area contributed by atoms with Crippen molar-refractivity contribution in [3.05, 3.63) is 0 Å². The first-order valence-corrected chi connectivity index (χ1v) is 10.8. The van der Waals surface area contributed by atoms with E-state index in [1.807, 2.05) is 6.92 Å². The number of sulfone groups is 1. The zero-order valence-electron chi connectivity index (χ0n) is 11.4. The van der Waals surface area contributed by atoms with Crippen LogP contribution in [0.25, 0.3) is 0 Å². The van der Waals surface area contributed by atoms with E-state index in [9.17, 15) is 21.6 Å². The Morgan fingerprint density at radius 3 is 2.35 bits per heavy atom. The Balaban J connectivity index is 2.98. The van der Waals surface area contributed by atoms with Crippen LogP contribution in [0.5, 0.6) is 0 Å². The van der Waals surface area contributed by atoms with E-state index < -0.39 is 48.8 Å². The highest BCUT2D eigenvalue weighted by molar-refractivity contribution is 8.01. The Bertz CT molecular complexity index is 556. The van der Waals surface area contributed by atoms with E-state index in [0.717, 1.165) is 17.0 Å². The predicted octanol–water partition coefficient (Wildman–Crippen LogP) is -0.0110. The Hall–Kier alpha value is -0.320. The first-order chi connectivity index (χ1) is 9.08. The lowest BCUT2D eigenvalue weighted by Gasteiger charge is -2.26. The second-order valence-corrected chi connectivity index (χ2v) is 10.2. The van der Waals surface area contributed by atoms with Crippen molar-refractivity contribution in [3.63, 3.8) is 0 Å². The molecular formula is C10H19NO6S3. The van der Waals surface area contributed by atoms with Crippen molar-refractivity contribution in [1.29, 1.82) is 0 Å². The topological polar surface area (TPSA) is 109 Å².